The topological polar surface area (TPSA) is 53.9 Å². The van der Waals surface area contributed by atoms with Crippen LogP contribution in [0.5, 0.6) is 0 Å². The minimum absolute atomic E-state index is 0.796. The number of rotatable bonds is 0. The van der Waals surface area contributed by atoms with Gasteiger partial charge in [0.05, 0.1) is 6.20 Å². The first kappa shape index (κ1) is 6.20. The molecule has 1 N–H and O–H groups in total. The lowest BCUT2D eigenvalue weighted by atomic mass is 10.6. The van der Waals surface area contributed by atoms with Crippen molar-refractivity contribution in [2.24, 2.45) is 0 Å². The van der Waals surface area contributed by atoms with Gasteiger partial charge in [-0.2, -0.15) is 0 Å². The van der Waals surface area contributed by atoms with E-state index in [1.165, 1.54) is 11.9 Å². The normalized spacial score (nSPS) is 16.5. The summed E-state index contributed by atoms with van der Waals surface area (Å²) >= 11 is 5.39. The van der Waals surface area contributed by atoms with Gasteiger partial charge in [-0.25, -0.2) is 0 Å². The van der Waals surface area contributed by atoms with E-state index in [2.05, 4.69) is 33.7 Å². The number of hydrogen-bond donors (Lipinski definition) is 2. The van der Waals surface area contributed by atoms with Gasteiger partial charge in [0.25, 0.3) is 0 Å². The van der Waals surface area contributed by atoms with E-state index >= 15 is 0 Å². The molecule has 0 saturated carbocycles. The zero-order valence-corrected chi connectivity index (χ0v) is 6.43. The van der Waals surface area contributed by atoms with Crippen LogP contribution in [0.3, 0.4) is 0 Å². The monoisotopic (exact) mass is 173 g/mol. The molecule has 1 aromatic rings. The highest BCUT2D eigenvalue weighted by atomic mass is 32.2. The van der Waals surface area contributed by atoms with Crippen molar-refractivity contribution in [3.05, 3.63) is 6.20 Å². The molecule has 0 radical (unpaired) electrons. The predicted octanol–water partition coefficient (Wildman–Crippen LogP) is 0.366. The van der Waals surface area contributed by atoms with Gasteiger partial charge in [0.15, 0.2) is 5.03 Å². The molecular formula is C3H3N5S2. The summed E-state index contributed by atoms with van der Waals surface area (Å²) in [4.78, 5) is 0. The zero-order chi connectivity index (χ0) is 6.97. The Balaban J connectivity index is 2.42. The van der Waals surface area contributed by atoms with E-state index < -0.39 is 0 Å². The molecule has 2 heterocycles. The highest BCUT2D eigenvalue weighted by molar-refractivity contribution is 8.05. The first-order valence-electron chi connectivity index (χ1n) is 2.48. The smallest absolute Gasteiger partial charge is 0.164 e. The van der Waals surface area contributed by atoms with Crippen molar-refractivity contribution < 1.29 is 0 Å². The number of nitrogens with zero attached hydrogens (tertiary/aromatic N) is 4. The van der Waals surface area contributed by atoms with Gasteiger partial charge in [-0.05, 0) is 5.21 Å². The van der Waals surface area contributed by atoms with Gasteiger partial charge in [0.1, 0.15) is 5.69 Å². The van der Waals surface area contributed by atoms with E-state index in [9.17, 15) is 0 Å². The van der Waals surface area contributed by atoms with Crippen LogP contribution in [0.15, 0.2) is 11.2 Å². The summed E-state index contributed by atoms with van der Waals surface area (Å²) in [5, 5.41) is 11.6. The van der Waals surface area contributed by atoms with Crippen molar-refractivity contribution in [1.29, 1.82) is 0 Å². The second-order valence-electron chi connectivity index (χ2n) is 1.63. The van der Waals surface area contributed by atoms with Gasteiger partial charge >= 0.3 is 0 Å². The number of hydrazine groups is 1. The lowest BCUT2D eigenvalue weighted by molar-refractivity contribution is 0.810. The number of nitrogens with one attached hydrogen (secondary N) is 1. The molecule has 52 valence electrons. The van der Waals surface area contributed by atoms with Gasteiger partial charge < -0.3 is 0 Å². The fourth-order valence-electron chi connectivity index (χ4n) is 0.611. The Labute approximate surface area is 66.9 Å². The summed E-state index contributed by atoms with van der Waals surface area (Å²) in [6, 6.07) is 0. The van der Waals surface area contributed by atoms with Crippen LogP contribution in [0, 0.1) is 0 Å². The molecule has 0 spiro atoms. The van der Waals surface area contributed by atoms with Crippen LogP contribution in [-0.4, -0.2) is 19.2 Å². The van der Waals surface area contributed by atoms with Crippen LogP contribution in [0.25, 0.3) is 0 Å². The van der Waals surface area contributed by atoms with Crippen molar-refractivity contribution in [2.75, 3.05) is 5.43 Å². The lowest BCUT2D eigenvalue weighted by Crippen LogP contribution is -2.03. The highest BCUT2D eigenvalue weighted by Gasteiger charge is 2.18. The molecule has 5 nitrogen and oxygen atoms in total. The first-order chi connectivity index (χ1) is 4.86. The van der Waals surface area contributed by atoms with Gasteiger partial charge in [-0.15, -0.1) is 14.0 Å². The van der Waals surface area contributed by atoms with Gasteiger partial charge in [-0.3, -0.25) is 5.43 Å². The average molecular weight is 173 g/mol. The summed E-state index contributed by atoms with van der Waals surface area (Å²) in [6.07, 6.45) is 1.60. The molecule has 7 heteroatoms. The van der Waals surface area contributed by atoms with E-state index in [-0.39, 0.29) is 0 Å². The summed E-state index contributed by atoms with van der Waals surface area (Å²) in [5.74, 6) is 0. The molecule has 2 rings (SSSR count). The van der Waals surface area contributed by atoms with E-state index in [0.717, 1.165) is 10.7 Å². The summed E-state index contributed by atoms with van der Waals surface area (Å²) in [7, 11) is 0. The summed E-state index contributed by atoms with van der Waals surface area (Å²) in [6.45, 7) is 0. The quantitative estimate of drug-likeness (QED) is 0.436. The molecule has 0 bridgehead atoms. The Morgan fingerprint density at radius 1 is 1.70 bits per heavy atom. The number of aromatic nitrogens is 3. The Hall–Kier alpha value is -0.530. The first-order valence-corrected chi connectivity index (χ1v) is 3.65. The van der Waals surface area contributed by atoms with E-state index in [1.54, 1.807) is 10.0 Å². The van der Waals surface area contributed by atoms with Crippen molar-refractivity contribution >= 4 is 30.5 Å². The SMILES string of the molecule is SN1Nc2cnnnc2S1. The third-order valence-corrected chi connectivity index (χ3v) is 2.08. The third-order valence-electron chi connectivity index (χ3n) is 0.993. The second-order valence-corrected chi connectivity index (χ2v) is 3.23. The van der Waals surface area contributed by atoms with Crippen molar-refractivity contribution in [3.63, 3.8) is 0 Å². The van der Waals surface area contributed by atoms with Crippen LogP contribution in [0.4, 0.5) is 5.69 Å². The van der Waals surface area contributed by atoms with Crippen LogP contribution in [0.2, 0.25) is 0 Å². The van der Waals surface area contributed by atoms with Crippen LogP contribution < -0.4 is 5.43 Å². The minimum Gasteiger partial charge on any atom is -0.295 e. The Kier molecular flexibility index (Phi) is 1.40. The molecule has 1 aliphatic heterocycles. The molecule has 1 aliphatic rings. The molecule has 0 atom stereocenters. The predicted molar refractivity (Wildman–Crippen MR) is 40.1 cm³/mol. The molecule has 0 aromatic carbocycles. The maximum Gasteiger partial charge on any atom is 0.164 e. The van der Waals surface area contributed by atoms with Crippen molar-refractivity contribution in [1.82, 2.24) is 19.2 Å². The van der Waals surface area contributed by atoms with Crippen LogP contribution in [-0.2, 0) is 0 Å². The maximum absolute atomic E-state index is 4.03. The highest BCUT2D eigenvalue weighted by Crippen LogP contribution is 2.34. The van der Waals surface area contributed by atoms with Gasteiger partial charge in [0.2, 0.25) is 0 Å². The summed E-state index contributed by atoms with van der Waals surface area (Å²) < 4.78 is 1.54. The number of fused-ring (bicyclic) bond motifs is 1. The van der Waals surface area contributed by atoms with Crippen LogP contribution in [0.1, 0.15) is 0 Å². The van der Waals surface area contributed by atoms with E-state index in [0.29, 0.717) is 0 Å². The zero-order valence-electron chi connectivity index (χ0n) is 4.72. The third kappa shape index (κ3) is 0.917. The molecule has 0 aliphatic carbocycles. The maximum atomic E-state index is 4.03. The van der Waals surface area contributed by atoms with Crippen molar-refractivity contribution in [2.45, 2.75) is 5.03 Å². The average Bonchev–Trinajstić information content (AvgIpc) is 2.27. The fourth-order valence-corrected chi connectivity index (χ4v) is 1.53. The Morgan fingerprint density at radius 3 is 3.40 bits per heavy atom. The minimum atomic E-state index is 0.796. The van der Waals surface area contributed by atoms with Gasteiger partial charge in [-0.1, -0.05) is 12.8 Å². The second kappa shape index (κ2) is 2.26. The standard InChI is InChI=1S/C3H3N5S2/c9-8-6-2-1-4-7-5-3(2)10-8/h1,6,9H. The molecule has 1 aromatic heterocycles. The fraction of sp³-hybridized carbons (Fsp3) is 0. The molecule has 0 fully saturated rings. The summed E-state index contributed by atoms with van der Waals surface area (Å²) in [5.41, 5.74) is 3.74. The Morgan fingerprint density at radius 2 is 2.60 bits per heavy atom. The Bertz CT molecular complexity index is 227. The molecule has 0 amide bonds. The number of hydrogen-bond acceptors (Lipinski definition) is 7. The van der Waals surface area contributed by atoms with Crippen LogP contribution >= 0.6 is 24.8 Å². The molecule has 10 heavy (non-hydrogen) atoms. The molecule has 0 unspecified atom stereocenters. The van der Waals surface area contributed by atoms with E-state index in [4.69, 9.17) is 0 Å². The number of anilines is 1. The van der Waals surface area contributed by atoms with Gasteiger partial charge in [0, 0.05) is 11.9 Å². The van der Waals surface area contributed by atoms with E-state index in [1.807, 2.05) is 0 Å². The largest absolute Gasteiger partial charge is 0.295 e. The number of thiol groups is 1. The molecular weight excluding hydrogens is 170 g/mol. The lowest BCUT2D eigenvalue weighted by Gasteiger charge is -2.01. The van der Waals surface area contributed by atoms with Crippen molar-refractivity contribution in [3.8, 4) is 0 Å². The molecule has 0 saturated heterocycles.